The van der Waals surface area contributed by atoms with Crippen LogP contribution in [0.15, 0.2) is 54.7 Å². The second-order valence-corrected chi connectivity index (χ2v) is 9.38. The first-order chi connectivity index (χ1) is 15.9. The summed E-state index contributed by atoms with van der Waals surface area (Å²) in [6.07, 6.45) is 1.51. The fourth-order valence-electron chi connectivity index (χ4n) is 3.63. The molecule has 2 heterocycles. The van der Waals surface area contributed by atoms with Crippen molar-refractivity contribution >= 4 is 46.6 Å². The minimum Gasteiger partial charge on any atom is -0.355 e. The Morgan fingerprint density at radius 1 is 1.06 bits per heavy atom. The molecule has 3 aromatic rings. The first-order valence-electron chi connectivity index (χ1n) is 10.5. The molecule has 0 aliphatic carbocycles. The van der Waals surface area contributed by atoms with Gasteiger partial charge in [-0.15, -0.1) is 0 Å². The fourth-order valence-corrected chi connectivity index (χ4v) is 4.66. The van der Waals surface area contributed by atoms with E-state index in [0.29, 0.717) is 33.4 Å². The van der Waals surface area contributed by atoms with Crippen LogP contribution in [0.4, 0.5) is 5.69 Å². The second-order valence-electron chi connectivity index (χ2n) is 7.71. The van der Waals surface area contributed by atoms with Gasteiger partial charge in [-0.2, -0.15) is 16.9 Å². The number of aryl methyl sites for hydroxylation is 1. The van der Waals surface area contributed by atoms with Crippen LogP contribution in [0, 0.1) is 5.41 Å². The number of hydrogen-bond acceptors (Lipinski definition) is 5. The van der Waals surface area contributed by atoms with E-state index in [1.807, 2.05) is 23.9 Å². The molecule has 9 heteroatoms. The fraction of sp³-hybridized carbons (Fsp3) is 0.250. The van der Waals surface area contributed by atoms with Crippen molar-refractivity contribution in [1.82, 2.24) is 14.7 Å². The number of aromatic nitrogens is 2. The first kappa shape index (κ1) is 23.1. The molecule has 0 spiro atoms. The summed E-state index contributed by atoms with van der Waals surface area (Å²) in [5.74, 6) is 2.08. The number of amides is 1. The molecule has 7 nitrogen and oxygen atoms in total. The van der Waals surface area contributed by atoms with Gasteiger partial charge >= 0.3 is 0 Å². The van der Waals surface area contributed by atoms with E-state index in [4.69, 9.17) is 17.0 Å². The molecule has 2 aromatic carbocycles. The lowest BCUT2D eigenvalue weighted by Gasteiger charge is -2.28. The molecule has 1 aromatic heterocycles. The van der Waals surface area contributed by atoms with Gasteiger partial charge in [0.2, 0.25) is 0 Å². The Balaban J connectivity index is 1.45. The Hall–Kier alpha value is -3.10. The average Bonchev–Trinajstić information content (AvgIpc) is 3.20. The third-order valence-corrected chi connectivity index (χ3v) is 6.74. The van der Waals surface area contributed by atoms with Crippen molar-refractivity contribution in [3.63, 3.8) is 0 Å². The maximum Gasteiger partial charge on any atom is 0.259 e. The third-order valence-electron chi connectivity index (χ3n) is 5.54. The van der Waals surface area contributed by atoms with E-state index in [1.54, 1.807) is 48.1 Å². The van der Waals surface area contributed by atoms with E-state index in [-0.39, 0.29) is 18.1 Å². The van der Waals surface area contributed by atoms with Crippen LogP contribution in [-0.4, -0.2) is 56.8 Å². The molecule has 1 amide bonds. The number of Topliss-reactive ketones (excluding diaryl/α,β-unsaturated/α-hetero) is 1. The number of nitrogens with one attached hydrogen (secondary N) is 2. The number of ketones is 1. The summed E-state index contributed by atoms with van der Waals surface area (Å²) in [5.41, 5.74) is 2.82. The molecular weight excluding hydrogens is 458 g/mol. The first-order valence-corrected chi connectivity index (χ1v) is 12.1. The Bertz CT molecular complexity index is 1170. The number of carbonyl (C=O) groups is 2. The zero-order valence-corrected chi connectivity index (χ0v) is 19.7. The normalized spacial score (nSPS) is 13.6. The number of anilines is 1. The summed E-state index contributed by atoms with van der Waals surface area (Å²) in [6.45, 7) is 1.73. The van der Waals surface area contributed by atoms with Gasteiger partial charge in [0, 0.05) is 53.5 Å². The van der Waals surface area contributed by atoms with E-state index in [2.05, 4.69) is 15.3 Å². The molecule has 0 atom stereocenters. The average molecular weight is 482 g/mol. The number of rotatable bonds is 6. The topological polar surface area (TPSA) is 91.1 Å². The van der Waals surface area contributed by atoms with Crippen LogP contribution in [0.25, 0.3) is 0 Å². The van der Waals surface area contributed by atoms with Crippen molar-refractivity contribution in [2.45, 2.75) is 6.42 Å². The lowest BCUT2D eigenvalue weighted by atomic mass is 10.0. The lowest BCUT2D eigenvalue weighted by Crippen LogP contribution is -2.37. The summed E-state index contributed by atoms with van der Waals surface area (Å²) in [4.78, 5) is 27.8. The van der Waals surface area contributed by atoms with Gasteiger partial charge in [-0.25, -0.2) is 0 Å². The van der Waals surface area contributed by atoms with Gasteiger partial charge in [0.1, 0.15) is 5.84 Å². The molecule has 170 valence electrons. The van der Waals surface area contributed by atoms with Crippen molar-refractivity contribution in [2.24, 2.45) is 7.05 Å². The zero-order valence-electron chi connectivity index (χ0n) is 18.2. The SMILES string of the molecule is Cn1ncc(C(=O)Nc2ccc(Cl)cc2)c1CC(=O)c1ccc(C(=N)N2CCSCC2)cc1. The van der Waals surface area contributed by atoms with Crippen molar-refractivity contribution < 1.29 is 9.59 Å². The molecule has 2 N–H and O–H groups in total. The van der Waals surface area contributed by atoms with Crippen molar-refractivity contribution in [1.29, 1.82) is 5.41 Å². The quantitative estimate of drug-likeness (QED) is 0.314. The van der Waals surface area contributed by atoms with E-state index < -0.39 is 0 Å². The van der Waals surface area contributed by atoms with E-state index in [9.17, 15) is 9.59 Å². The lowest BCUT2D eigenvalue weighted by molar-refractivity contribution is 0.0990. The number of nitrogens with zero attached hydrogens (tertiary/aromatic N) is 3. The van der Waals surface area contributed by atoms with Gasteiger partial charge in [0.25, 0.3) is 5.91 Å². The molecule has 33 heavy (non-hydrogen) atoms. The van der Waals surface area contributed by atoms with Gasteiger partial charge < -0.3 is 10.2 Å². The van der Waals surface area contributed by atoms with E-state index >= 15 is 0 Å². The molecule has 1 saturated heterocycles. The predicted octanol–water partition coefficient (Wildman–Crippen LogP) is 4.13. The summed E-state index contributed by atoms with van der Waals surface area (Å²) in [7, 11) is 1.71. The zero-order chi connectivity index (χ0) is 23.4. The van der Waals surface area contributed by atoms with Crippen LogP contribution in [-0.2, 0) is 13.5 Å². The third kappa shape index (κ3) is 5.46. The van der Waals surface area contributed by atoms with Gasteiger partial charge in [0.15, 0.2) is 5.78 Å². The molecule has 0 bridgehead atoms. The summed E-state index contributed by atoms with van der Waals surface area (Å²) in [5, 5.41) is 16.0. The Morgan fingerprint density at radius 2 is 1.70 bits per heavy atom. The number of halogens is 1. The monoisotopic (exact) mass is 481 g/mol. The maximum atomic E-state index is 13.0. The smallest absolute Gasteiger partial charge is 0.259 e. The summed E-state index contributed by atoms with van der Waals surface area (Å²) in [6, 6.07) is 13.9. The van der Waals surface area contributed by atoms with Crippen LogP contribution in [0.1, 0.15) is 32.0 Å². The van der Waals surface area contributed by atoms with Crippen LogP contribution in [0.3, 0.4) is 0 Å². The highest BCUT2D eigenvalue weighted by Crippen LogP contribution is 2.18. The molecule has 4 rings (SSSR count). The number of hydrogen-bond donors (Lipinski definition) is 2. The Kier molecular flexibility index (Phi) is 7.15. The predicted molar refractivity (Wildman–Crippen MR) is 133 cm³/mol. The molecule has 0 radical (unpaired) electrons. The highest BCUT2D eigenvalue weighted by atomic mass is 35.5. The van der Waals surface area contributed by atoms with Crippen LogP contribution in [0.2, 0.25) is 5.02 Å². The van der Waals surface area contributed by atoms with E-state index in [1.165, 1.54) is 6.20 Å². The molecule has 1 fully saturated rings. The van der Waals surface area contributed by atoms with Gasteiger partial charge in [-0.05, 0) is 24.3 Å². The standard InChI is InChI=1S/C24H24ClN5O2S/c1-29-21(20(15-27-29)24(32)28-19-8-6-18(25)7-9-19)14-22(31)16-2-4-17(5-3-16)23(26)30-10-12-33-13-11-30/h2-9,15,26H,10-14H2,1H3,(H,28,32). The number of carbonyl (C=O) groups excluding carboxylic acids is 2. The molecular formula is C24H24ClN5O2S. The minimum atomic E-state index is -0.336. The molecule has 1 aliphatic heterocycles. The Labute approximate surface area is 201 Å². The van der Waals surface area contributed by atoms with Crippen molar-refractivity contribution in [3.8, 4) is 0 Å². The van der Waals surface area contributed by atoms with Crippen molar-refractivity contribution in [2.75, 3.05) is 29.9 Å². The van der Waals surface area contributed by atoms with Crippen LogP contribution < -0.4 is 5.32 Å². The number of thioether (sulfide) groups is 1. The molecule has 0 unspecified atom stereocenters. The summed E-state index contributed by atoms with van der Waals surface area (Å²) < 4.78 is 1.55. The summed E-state index contributed by atoms with van der Waals surface area (Å²) >= 11 is 7.80. The molecule has 0 saturated carbocycles. The number of amidine groups is 1. The number of benzene rings is 2. The maximum absolute atomic E-state index is 13.0. The van der Waals surface area contributed by atoms with Crippen molar-refractivity contribution in [3.05, 3.63) is 82.1 Å². The van der Waals surface area contributed by atoms with Gasteiger partial charge in [-0.1, -0.05) is 35.9 Å². The Morgan fingerprint density at radius 3 is 2.36 bits per heavy atom. The van der Waals surface area contributed by atoms with Gasteiger partial charge in [0.05, 0.1) is 23.9 Å². The van der Waals surface area contributed by atoms with Crippen LogP contribution in [0.5, 0.6) is 0 Å². The minimum absolute atomic E-state index is 0.0417. The van der Waals surface area contributed by atoms with Crippen LogP contribution >= 0.6 is 23.4 Å². The van der Waals surface area contributed by atoms with Gasteiger partial charge in [-0.3, -0.25) is 19.7 Å². The highest BCUT2D eigenvalue weighted by Gasteiger charge is 2.20. The largest absolute Gasteiger partial charge is 0.355 e. The molecule has 1 aliphatic rings. The highest BCUT2D eigenvalue weighted by molar-refractivity contribution is 7.99. The second kappa shape index (κ2) is 10.2. The van der Waals surface area contributed by atoms with E-state index in [0.717, 1.165) is 30.2 Å².